The second kappa shape index (κ2) is 10.2. The Morgan fingerprint density at radius 1 is 0.966 bits per heavy atom. The van der Waals surface area contributed by atoms with Gasteiger partial charge in [0.2, 0.25) is 5.91 Å². The smallest absolute Gasteiger partial charge is 0.409 e. The number of rotatable bonds is 6. The number of aryl methyl sites for hydroxylation is 1. The van der Waals surface area contributed by atoms with E-state index in [0.29, 0.717) is 38.5 Å². The molecule has 0 bridgehead atoms. The number of hydrogen-bond acceptors (Lipinski definition) is 6. The largest absolute Gasteiger partial charge is 0.450 e. The quantitative estimate of drug-likeness (QED) is 0.676. The van der Waals surface area contributed by atoms with Crippen molar-refractivity contribution in [3.05, 3.63) is 42.0 Å². The molecule has 1 aromatic heterocycles. The normalized spacial score (nSPS) is 14.0. The topological polar surface area (TPSA) is 75.6 Å². The van der Waals surface area contributed by atoms with E-state index >= 15 is 0 Å². The first-order valence-corrected chi connectivity index (χ1v) is 10.8. The summed E-state index contributed by atoms with van der Waals surface area (Å²) in [5.74, 6) is 0.345. The van der Waals surface area contributed by atoms with E-state index in [4.69, 9.17) is 4.74 Å². The van der Waals surface area contributed by atoms with Crippen molar-refractivity contribution in [1.29, 1.82) is 0 Å². The maximum atomic E-state index is 12.4. The molecule has 1 aliphatic heterocycles. The predicted molar refractivity (Wildman–Crippen MR) is 113 cm³/mol. The Hall–Kier alpha value is -2.61. The average Bonchev–Trinajstić information content (AvgIpc) is 2.78. The number of aromatic nitrogens is 2. The van der Waals surface area contributed by atoms with Gasteiger partial charge < -0.3 is 14.5 Å². The van der Waals surface area contributed by atoms with Crippen molar-refractivity contribution >= 4 is 23.8 Å². The minimum Gasteiger partial charge on any atom is -0.450 e. The van der Waals surface area contributed by atoms with Crippen LogP contribution >= 0.6 is 11.8 Å². The van der Waals surface area contributed by atoms with E-state index < -0.39 is 0 Å². The van der Waals surface area contributed by atoms with Gasteiger partial charge in [0.25, 0.3) is 0 Å². The van der Waals surface area contributed by atoms with Gasteiger partial charge in [-0.3, -0.25) is 4.79 Å². The summed E-state index contributed by atoms with van der Waals surface area (Å²) in [6.07, 6.45) is 0.696. The van der Waals surface area contributed by atoms with Gasteiger partial charge in [-0.2, -0.15) is 0 Å². The van der Waals surface area contributed by atoms with Gasteiger partial charge in [0.1, 0.15) is 5.03 Å². The summed E-state index contributed by atoms with van der Waals surface area (Å²) in [6.45, 7) is 6.32. The molecule has 0 spiro atoms. The molecule has 2 amide bonds. The van der Waals surface area contributed by atoms with Crippen LogP contribution in [-0.2, 0) is 16.0 Å². The number of carbonyl (C=O) groups excluding carboxylic acids is 2. The first kappa shape index (κ1) is 21.1. The molecule has 2 heterocycles. The van der Waals surface area contributed by atoms with Gasteiger partial charge in [0.15, 0.2) is 0 Å². The first-order chi connectivity index (χ1) is 14.1. The van der Waals surface area contributed by atoms with Gasteiger partial charge in [-0.1, -0.05) is 43.0 Å². The Balaban J connectivity index is 1.47. The van der Waals surface area contributed by atoms with E-state index in [2.05, 4.69) is 41.4 Å². The molecule has 1 aliphatic rings. The molecule has 3 rings (SSSR count). The van der Waals surface area contributed by atoms with Gasteiger partial charge in [-0.05, 0) is 31.0 Å². The number of piperazine rings is 1. The third-order valence-corrected chi connectivity index (χ3v) is 5.70. The molecule has 7 nitrogen and oxygen atoms in total. The Bertz CT molecular complexity index is 819. The minimum atomic E-state index is -0.311. The fourth-order valence-electron chi connectivity index (χ4n) is 3.04. The second-order valence-corrected chi connectivity index (χ2v) is 7.66. The molecule has 1 saturated heterocycles. The van der Waals surface area contributed by atoms with E-state index in [1.165, 1.54) is 17.3 Å². The van der Waals surface area contributed by atoms with E-state index in [1.807, 2.05) is 12.1 Å². The highest BCUT2D eigenvalue weighted by molar-refractivity contribution is 7.99. The average molecular weight is 415 g/mol. The molecule has 0 aliphatic carbocycles. The Morgan fingerprint density at radius 3 is 2.24 bits per heavy atom. The lowest BCUT2D eigenvalue weighted by molar-refractivity contribution is -0.129. The summed E-state index contributed by atoms with van der Waals surface area (Å²) in [5.41, 5.74) is 3.13. The zero-order chi connectivity index (χ0) is 20.6. The molecule has 1 aromatic carbocycles. The van der Waals surface area contributed by atoms with Crippen molar-refractivity contribution in [2.45, 2.75) is 25.3 Å². The minimum absolute atomic E-state index is 0.0412. The van der Waals surface area contributed by atoms with E-state index in [0.717, 1.165) is 22.7 Å². The molecule has 0 unspecified atom stereocenters. The summed E-state index contributed by atoms with van der Waals surface area (Å²) < 4.78 is 5.00. The third-order valence-electron chi connectivity index (χ3n) is 4.80. The highest BCUT2D eigenvalue weighted by Gasteiger charge is 2.24. The van der Waals surface area contributed by atoms with Crippen molar-refractivity contribution in [1.82, 2.24) is 20.0 Å². The van der Waals surface area contributed by atoms with Crippen LogP contribution in [0.5, 0.6) is 0 Å². The van der Waals surface area contributed by atoms with E-state index in [1.54, 1.807) is 16.7 Å². The van der Waals surface area contributed by atoms with Crippen LogP contribution in [0.15, 0.2) is 41.4 Å². The van der Waals surface area contributed by atoms with Gasteiger partial charge >= 0.3 is 6.09 Å². The van der Waals surface area contributed by atoms with Crippen LogP contribution in [0.25, 0.3) is 11.3 Å². The van der Waals surface area contributed by atoms with Gasteiger partial charge in [-0.15, -0.1) is 10.2 Å². The van der Waals surface area contributed by atoms with Crippen LogP contribution in [-0.4, -0.2) is 70.5 Å². The predicted octanol–water partition coefficient (Wildman–Crippen LogP) is 3.10. The molecule has 0 saturated carbocycles. The Morgan fingerprint density at radius 2 is 1.66 bits per heavy atom. The van der Waals surface area contributed by atoms with Crippen molar-refractivity contribution in [3.63, 3.8) is 0 Å². The van der Waals surface area contributed by atoms with E-state index in [9.17, 15) is 9.59 Å². The molecule has 0 N–H and O–H groups in total. The standard InChI is InChI=1S/C21H26N4O3S/c1-3-16-5-7-17(8-6-16)18-9-10-19(23-22-18)29-15-20(26)24-11-13-25(14-12-24)21(27)28-4-2/h5-10H,3-4,11-15H2,1-2H3. The molecule has 0 atom stereocenters. The SMILES string of the molecule is CCOC(=O)N1CCN(C(=O)CSc2ccc(-c3ccc(CC)cc3)nn2)CC1. The van der Waals surface area contributed by atoms with Crippen LogP contribution < -0.4 is 0 Å². The summed E-state index contributed by atoms with van der Waals surface area (Å²) in [4.78, 5) is 27.6. The highest BCUT2D eigenvalue weighted by Crippen LogP contribution is 2.21. The molecule has 2 aromatic rings. The van der Waals surface area contributed by atoms with Gasteiger partial charge in [-0.25, -0.2) is 4.79 Å². The molecular weight excluding hydrogens is 388 g/mol. The molecule has 154 valence electrons. The van der Waals surface area contributed by atoms with Crippen LogP contribution in [0.3, 0.4) is 0 Å². The van der Waals surface area contributed by atoms with Gasteiger partial charge in [0.05, 0.1) is 18.1 Å². The third kappa shape index (κ3) is 5.69. The zero-order valence-corrected chi connectivity index (χ0v) is 17.7. The number of benzene rings is 1. The van der Waals surface area contributed by atoms with Crippen LogP contribution in [0.4, 0.5) is 4.79 Å². The van der Waals surface area contributed by atoms with Crippen molar-refractivity contribution in [2.24, 2.45) is 0 Å². The maximum Gasteiger partial charge on any atom is 0.409 e. The first-order valence-electron chi connectivity index (χ1n) is 9.86. The summed E-state index contributed by atoms with van der Waals surface area (Å²) in [7, 11) is 0. The zero-order valence-electron chi connectivity index (χ0n) is 16.8. The molecule has 1 fully saturated rings. The second-order valence-electron chi connectivity index (χ2n) is 6.66. The van der Waals surface area contributed by atoms with Gasteiger partial charge in [0, 0.05) is 31.7 Å². The van der Waals surface area contributed by atoms with Crippen LogP contribution in [0.2, 0.25) is 0 Å². The summed E-state index contributed by atoms with van der Waals surface area (Å²) in [5, 5.41) is 9.25. The molecule has 29 heavy (non-hydrogen) atoms. The Labute approximate surface area is 175 Å². The number of hydrogen-bond donors (Lipinski definition) is 0. The fourth-order valence-corrected chi connectivity index (χ4v) is 3.76. The van der Waals surface area contributed by atoms with Crippen LogP contribution in [0.1, 0.15) is 19.4 Å². The van der Waals surface area contributed by atoms with Crippen molar-refractivity contribution in [3.8, 4) is 11.3 Å². The van der Waals surface area contributed by atoms with Crippen molar-refractivity contribution < 1.29 is 14.3 Å². The van der Waals surface area contributed by atoms with Crippen LogP contribution in [0, 0.1) is 0 Å². The Kier molecular flexibility index (Phi) is 7.46. The lowest BCUT2D eigenvalue weighted by Gasteiger charge is -2.34. The summed E-state index contributed by atoms with van der Waals surface area (Å²) >= 11 is 1.38. The lowest BCUT2D eigenvalue weighted by Crippen LogP contribution is -2.51. The fraction of sp³-hybridized carbons (Fsp3) is 0.429. The lowest BCUT2D eigenvalue weighted by atomic mass is 10.1. The maximum absolute atomic E-state index is 12.4. The number of amides is 2. The molecule has 8 heteroatoms. The molecule has 0 radical (unpaired) electrons. The van der Waals surface area contributed by atoms with Crippen molar-refractivity contribution in [2.75, 3.05) is 38.5 Å². The van der Waals surface area contributed by atoms with E-state index in [-0.39, 0.29) is 12.0 Å². The highest BCUT2D eigenvalue weighted by atomic mass is 32.2. The number of thioether (sulfide) groups is 1. The number of carbonyl (C=O) groups is 2. The molecular formula is C21H26N4O3S. The monoisotopic (exact) mass is 414 g/mol. The summed E-state index contributed by atoms with van der Waals surface area (Å²) in [6, 6.07) is 12.1. The number of ether oxygens (including phenoxy) is 1. The number of nitrogens with zero attached hydrogens (tertiary/aromatic N) is 4.